The number of rotatable bonds is 7. The van der Waals surface area contributed by atoms with E-state index < -0.39 is 0 Å². The summed E-state index contributed by atoms with van der Waals surface area (Å²) in [7, 11) is 0. The Morgan fingerprint density at radius 3 is 2.20 bits per heavy atom. The van der Waals surface area contributed by atoms with Gasteiger partial charge in [0.15, 0.2) is 0 Å². The second-order valence-electron chi connectivity index (χ2n) is 5.58. The highest BCUT2D eigenvalue weighted by Gasteiger charge is 2.10. The summed E-state index contributed by atoms with van der Waals surface area (Å²) in [6.07, 6.45) is 1.28. The van der Waals surface area contributed by atoms with Crippen LogP contribution in [-0.2, 0) is 0 Å². The zero-order chi connectivity index (χ0) is 11.9. The van der Waals surface area contributed by atoms with Gasteiger partial charge in [-0.1, -0.05) is 27.2 Å². The predicted molar refractivity (Wildman–Crippen MR) is 69.3 cm³/mol. The summed E-state index contributed by atoms with van der Waals surface area (Å²) in [4.78, 5) is 2.53. The van der Waals surface area contributed by atoms with Crippen molar-refractivity contribution in [1.29, 1.82) is 0 Å². The van der Waals surface area contributed by atoms with Gasteiger partial charge in [0.25, 0.3) is 0 Å². The maximum absolute atomic E-state index is 3.54. The van der Waals surface area contributed by atoms with Crippen LogP contribution in [0.5, 0.6) is 0 Å². The molecule has 0 rings (SSSR count). The van der Waals surface area contributed by atoms with Crippen LogP contribution in [0.2, 0.25) is 0 Å². The van der Waals surface area contributed by atoms with E-state index in [1.54, 1.807) is 0 Å². The molecule has 0 radical (unpaired) electrons. The molecule has 0 saturated carbocycles. The van der Waals surface area contributed by atoms with E-state index in [1.807, 2.05) is 0 Å². The first-order valence-electron chi connectivity index (χ1n) is 6.36. The third-order valence-corrected chi connectivity index (χ3v) is 2.80. The van der Waals surface area contributed by atoms with Gasteiger partial charge < -0.3 is 10.2 Å². The molecule has 0 fully saturated rings. The lowest BCUT2D eigenvalue weighted by Crippen LogP contribution is -2.42. The van der Waals surface area contributed by atoms with Crippen LogP contribution in [0.25, 0.3) is 0 Å². The average molecular weight is 214 g/mol. The Labute approximate surface area is 96.4 Å². The van der Waals surface area contributed by atoms with Gasteiger partial charge in [0.1, 0.15) is 0 Å². The fourth-order valence-electron chi connectivity index (χ4n) is 1.54. The SMILES string of the molecule is CCC(C)CN(CC)CCNC(C)(C)C. The Kier molecular flexibility index (Phi) is 7.20. The first-order valence-corrected chi connectivity index (χ1v) is 6.36. The zero-order valence-corrected chi connectivity index (χ0v) is 11.6. The van der Waals surface area contributed by atoms with Crippen molar-refractivity contribution in [1.82, 2.24) is 10.2 Å². The van der Waals surface area contributed by atoms with E-state index in [0.29, 0.717) is 0 Å². The number of likely N-dealkylation sites (N-methyl/N-ethyl adjacent to an activating group) is 1. The molecule has 0 aliphatic rings. The van der Waals surface area contributed by atoms with E-state index in [0.717, 1.165) is 25.6 Å². The molecule has 0 saturated heterocycles. The third-order valence-electron chi connectivity index (χ3n) is 2.80. The van der Waals surface area contributed by atoms with E-state index in [9.17, 15) is 0 Å². The molecule has 0 aromatic carbocycles. The van der Waals surface area contributed by atoms with Crippen LogP contribution in [0.1, 0.15) is 48.0 Å². The number of hydrogen-bond donors (Lipinski definition) is 1. The van der Waals surface area contributed by atoms with Gasteiger partial charge in [0, 0.05) is 25.2 Å². The molecule has 1 atom stereocenters. The van der Waals surface area contributed by atoms with Gasteiger partial charge in [-0.3, -0.25) is 0 Å². The first-order chi connectivity index (χ1) is 6.89. The van der Waals surface area contributed by atoms with E-state index in [-0.39, 0.29) is 5.54 Å². The molecule has 0 aliphatic heterocycles. The molecule has 0 aliphatic carbocycles. The molecule has 0 aromatic rings. The Morgan fingerprint density at radius 2 is 1.80 bits per heavy atom. The average Bonchev–Trinajstić information content (AvgIpc) is 2.14. The van der Waals surface area contributed by atoms with Crippen molar-refractivity contribution in [3.8, 4) is 0 Å². The van der Waals surface area contributed by atoms with Gasteiger partial charge in [-0.2, -0.15) is 0 Å². The highest BCUT2D eigenvalue weighted by Crippen LogP contribution is 2.04. The molecule has 0 bridgehead atoms. The minimum Gasteiger partial charge on any atom is -0.311 e. The van der Waals surface area contributed by atoms with Gasteiger partial charge in [0.2, 0.25) is 0 Å². The van der Waals surface area contributed by atoms with Gasteiger partial charge in [-0.15, -0.1) is 0 Å². The second kappa shape index (κ2) is 7.24. The van der Waals surface area contributed by atoms with Crippen LogP contribution < -0.4 is 5.32 Å². The minimum atomic E-state index is 0.246. The summed E-state index contributed by atoms with van der Waals surface area (Å²) in [5.74, 6) is 0.819. The molecule has 92 valence electrons. The highest BCUT2D eigenvalue weighted by molar-refractivity contribution is 4.71. The van der Waals surface area contributed by atoms with Crippen molar-refractivity contribution in [3.05, 3.63) is 0 Å². The summed E-state index contributed by atoms with van der Waals surface area (Å²) in [5, 5.41) is 3.54. The lowest BCUT2D eigenvalue weighted by molar-refractivity contribution is 0.237. The van der Waals surface area contributed by atoms with Crippen LogP contribution in [0.3, 0.4) is 0 Å². The monoisotopic (exact) mass is 214 g/mol. The molecule has 1 unspecified atom stereocenters. The van der Waals surface area contributed by atoms with Crippen molar-refractivity contribution in [3.63, 3.8) is 0 Å². The summed E-state index contributed by atoms with van der Waals surface area (Å²) >= 11 is 0. The number of nitrogens with zero attached hydrogens (tertiary/aromatic N) is 1. The minimum absolute atomic E-state index is 0.246. The number of nitrogens with one attached hydrogen (secondary N) is 1. The molecule has 2 nitrogen and oxygen atoms in total. The number of hydrogen-bond acceptors (Lipinski definition) is 2. The molecule has 0 aromatic heterocycles. The van der Waals surface area contributed by atoms with Gasteiger partial charge >= 0.3 is 0 Å². The van der Waals surface area contributed by atoms with Crippen LogP contribution in [0.15, 0.2) is 0 Å². The largest absolute Gasteiger partial charge is 0.311 e. The Balaban J connectivity index is 3.71. The predicted octanol–water partition coefficient (Wildman–Crippen LogP) is 2.74. The van der Waals surface area contributed by atoms with Crippen molar-refractivity contribution in [2.75, 3.05) is 26.2 Å². The summed E-state index contributed by atoms with van der Waals surface area (Å²) in [6, 6.07) is 0. The molecule has 0 spiro atoms. The summed E-state index contributed by atoms with van der Waals surface area (Å²) in [5.41, 5.74) is 0.246. The Morgan fingerprint density at radius 1 is 1.20 bits per heavy atom. The van der Waals surface area contributed by atoms with Crippen LogP contribution in [-0.4, -0.2) is 36.6 Å². The summed E-state index contributed by atoms with van der Waals surface area (Å²) in [6.45, 7) is 18.2. The quantitative estimate of drug-likeness (QED) is 0.701. The van der Waals surface area contributed by atoms with Gasteiger partial charge in [-0.05, 0) is 33.2 Å². The highest BCUT2D eigenvalue weighted by atomic mass is 15.1. The summed E-state index contributed by atoms with van der Waals surface area (Å²) < 4.78 is 0. The zero-order valence-electron chi connectivity index (χ0n) is 11.6. The fraction of sp³-hybridized carbons (Fsp3) is 1.00. The molecule has 0 amide bonds. The van der Waals surface area contributed by atoms with Crippen molar-refractivity contribution >= 4 is 0 Å². The van der Waals surface area contributed by atoms with E-state index in [4.69, 9.17) is 0 Å². The van der Waals surface area contributed by atoms with Crippen LogP contribution >= 0.6 is 0 Å². The maximum atomic E-state index is 3.54. The second-order valence-corrected chi connectivity index (χ2v) is 5.58. The topological polar surface area (TPSA) is 15.3 Å². The van der Waals surface area contributed by atoms with Crippen molar-refractivity contribution in [2.45, 2.75) is 53.5 Å². The first kappa shape index (κ1) is 14.9. The van der Waals surface area contributed by atoms with E-state index in [1.165, 1.54) is 13.0 Å². The molecule has 1 N–H and O–H groups in total. The van der Waals surface area contributed by atoms with E-state index >= 15 is 0 Å². The van der Waals surface area contributed by atoms with Crippen LogP contribution in [0.4, 0.5) is 0 Å². The smallest absolute Gasteiger partial charge is 0.0107 e. The molecule has 0 heterocycles. The fourth-order valence-corrected chi connectivity index (χ4v) is 1.54. The maximum Gasteiger partial charge on any atom is 0.0107 e. The molecular formula is C13H30N2. The lowest BCUT2D eigenvalue weighted by Gasteiger charge is -2.26. The Bertz CT molecular complexity index is 149. The Hall–Kier alpha value is -0.0800. The molecule has 2 heteroatoms. The standard InChI is InChI=1S/C13H30N2/c1-7-12(3)11-15(8-2)10-9-14-13(4,5)6/h12,14H,7-11H2,1-6H3. The van der Waals surface area contributed by atoms with Gasteiger partial charge in [0.05, 0.1) is 0 Å². The van der Waals surface area contributed by atoms with Crippen molar-refractivity contribution < 1.29 is 0 Å². The molecular weight excluding hydrogens is 184 g/mol. The third kappa shape index (κ3) is 8.88. The van der Waals surface area contributed by atoms with Crippen molar-refractivity contribution in [2.24, 2.45) is 5.92 Å². The van der Waals surface area contributed by atoms with E-state index in [2.05, 4.69) is 51.8 Å². The lowest BCUT2D eigenvalue weighted by atomic mass is 10.1. The van der Waals surface area contributed by atoms with Crippen LogP contribution in [0, 0.1) is 5.92 Å². The molecule has 15 heavy (non-hydrogen) atoms. The normalized spacial score (nSPS) is 14.6. The van der Waals surface area contributed by atoms with Gasteiger partial charge in [-0.25, -0.2) is 0 Å².